The molecule has 0 aromatic heterocycles. The highest BCUT2D eigenvalue weighted by molar-refractivity contribution is 6.32. The van der Waals surface area contributed by atoms with Crippen LogP contribution in [-0.4, -0.2) is 24.0 Å². The molecule has 104 valence electrons. The molecule has 0 aliphatic rings. The van der Waals surface area contributed by atoms with Crippen LogP contribution in [-0.2, 0) is 15.0 Å². The fraction of sp³-hybridized carbons (Fsp3) is 0.429. The molecule has 0 bridgehead atoms. The van der Waals surface area contributed by atoms with Gasteiger partial charge in [-0.1, -0.05) is 26.0 Å². The smallest absolute Gasteiger partial charge is 0.372 e. The summed E-state index contributed by atoms with van der Waals surface area (Å²) < 4.78 is 19.1. The number of carboxylic acid groups (broad SMARTS) is 1. The van der Waals surface area contributed by atoms with Gasteiger partial charge in [0.15, 0.2) is 11.6 Å². The molecule has 4 nitrogen and oxygen atoms in total. The number of ketones is 1. The molecule has 0 radical (unpaired) electrons. The Hall–Kier alpha value is -1.91. The van der Waals surface area contributed by atoms with Gasteiger partial charge in [0.05, 0.1) is 7.11 Å². The lowest BCUT2D eigenvalue weighted by molar-refractivity contribution is -0.149. The molecule has 0 spiro atoms. The van der Waals surface area contributed by atoms with Crippen LogP contribution in [0.3, 0.4) is 0 Å². The number of Topliss-reactive ketones (excluding diaryl/α,β-unsaturated/α-hetero) is 1. The van der Waals surface area contributed by atoms with Crippen molar-refractivity contribution in [3.05, 3.63) is 29.6 Å². The van der Waals surface area contributed by atoms with Crippen molar-refractivity contribution in [1.82, 2.24) is 0 Å². The molecule has 1 aromatic carbocycles. The zero-order valence-electron chi connectivity index (χ0n) is 11.2. The number of methoxy groups -OCH3 is 1. The van der Waals surface area contributed by atoms with Gasteiger partial charge in [0.25, 0.3) is 0 Å². The van der Waals surface area contributed by atoms with Gasteiger partial charge in [-0.25, -0.2) is 9.18 Å². The molecular formula is C14H17FO4. The van der Waals surface area contributed by atoms with Crippen LogP contribution in [0.25, 0.3) is 0 Å². The Bertz CT molecular complexity index is 498. The molecule has 0 amide bonds. The summed E-state index contributed by atoms with van der Waals surface area (Å²) in [7, 11) is 1.36. The number of carbonyl (C=O) groups is 2. The minimum atomic E-state index is -1.50. The fourth-order valence-electron chi connectivity index (χ4n) is 1.98. The van der Waals surface area contributed by atoms with Crippen molar-refractivity contribution in [3.8, 4) is 5.75 Å². The summed E-state index contributed by atoms with van der Waals surface area (Å²) in [4.78, 5) is 22.1. The number of halogens is 1. The zero-order chi connectivity index (χ0) is 14.6. The minimum absolute atomic E-state index is 0.0833. The Morgan fingerprint density at radius 2 is 2.05 bits per heavy atom. The van der Waals surface area contributed by atoms with E-state index in [1.54, 1.807) is 26.0 Å². The average molecular weight is 268 g/mol. The summed E-state index contributed by atoms with van der Waals surface area (Å²) in [5, 5.41) is 8.69. The first-order valence-corrected chi connectivity index (χ1v) is 5.94. The Morgan fingerprint density at radius 1 is 1.42 bits per heavy atom. The molecule has 1 unspecified atom stereocenters. The first-order valence-electron chi connectivity index (χ1n) is 5.94. The summed E-state index contributed by atoms with van der Waals surface area (Å²) >= 11 is 0. The molecule has 0 aliphatic heterocycles. The third-order valence-corrected chi connectivity index (χ3v) is 3.40. The van der Waals surface area contributed by atoms with Crippen molar-refractivity contribution in [3.63, 3.8) is 0 Å². The van der Waals surface area contributed by atoms with Crippen LogP contribution >= 0.6 is 0 Å². The normalized spacial score (nSPS) is 13.7. The van der Waals surface area contributed by atoms with E-state index in [1.807, 2.05) is 0 Å². The Balaban J connectivity index is 3.22. The van der Waals surface area contributed by atoms with Crippen LogP contribution in [0.1, 0.15) is 32.3 Å². The van der Waals surface area contributed by atoms with Crippen molar-refractivity contribution in [1.29, 1.82) is 0 Å². The van der Waals surface area contributed by atoms with Crippen LogP contribution in [0.5, 0.6) is 5.75 Å². The monoisotopic (exact) mass is 268 g/mol. The molecule has 1 N–H and O–H groups in total. The van der Waals surface area contributed by atoms with Gasteiger partial charge < -0.3 is 9.84 Å². The predicted octanol–water partition coefficient (Wildman–Crippen LogP) is 2.55. The van der Waals surface area contributed by atoms with Crippen LogP contribution in [0.4, 0.5) is 4.39 Å². The summed E-state index contributed by atoms with van der Waals surface area (Å²) in [5.74, 6) is -2.89. The van der Waals surface area contributed by atoms with Crippen LogP contribution in [0.2, 0.25) is 0 Å². The molecule has 5 heteroatoms. The molecule has 0 heterocycles. The maximum absolute atomic E-state index is 14.2. The Kier molecular flexibility index (Phi) is 4.64. The van der Waals surface area contributed by atoms with Crippen molar-refractivity contribution in [2.45, 2.75) is 32.1 Å². The largest absolute Gasteiger partial charge is 0.494 e. The van der Waals surface area contributed by atoms with Crippen LogP contribution in [0.15, 0.2) is 18.2 Å². The second-order valence-electron chi connectivity index (χ2n) is 4.64. The van der Waals surface area contributed by atoms with E-state index in [1.165, 1.54) is 13.2 Å². The molecule has 1 rings (SSSR count). The van der Waals surface area contributed by atoms with E-state index in [0.29, 0.717) is 12.0 Å². The lowest BCUT2D eigenvalue weighted by atomic mass is 9.75. The van der Waals surface area contributed by atoms with E-state index in [9.17, 15) is 14.0 Å². The topological polar surface area (TPSA) is 63.6 Å². The van der Waals surface area contributed by atoms with Gasteiger partial charge in [-0.2, -0.15) is 0 Å². The third-order valence-electron chi connectivity index (χ3n) is 3.40. The second kappa shape index (κ2) is 5.82. The lowest BCUT2D eigenvalue weighted by Crippen LogP contribution is -2.29. The van der Waals surface area contributed by atoms with Crippen molar-refractivity contribution in [2.75, 3.05) is 7.11 Å². The molecule has 0 saturated heterocycles. The highest BCUT2D eigenvalue weighted by atomic mass is 19.1. The lowest BCUT2D eigenvalue weighted by Gasteiger charge is -2.28. The van der Waals surface area contributed by atoms with E-state index in [0.717, 1.165) is 0 Å². The molecule has 0 saturated carbocycles. The molecule has 19 heavy (non-hydrogen) atoms. The number of rotatable bonds is 6. The highest BCUT2D eigenvalue weighted by Gasteiger charge is 2.33. The maximum atomic E-state index is 14.2. The quantitative estimate of drug-likeness (QED) is 0.805. The fourth-order valence-corrected chi connectivity index (χ4v) is 1.98. The molecule has 0 fully saturated rings. The number of carbonyl (C=O) groups excluding carboxylic acids is 1. The second-order valence-corrected chi connectivity index (χ2v) is 4.64. The number of hydrogen-bond donors (Lipinski definition) is 1. The summed E-state index contributed by atoms with van der Waals surface area (Å²) in [5.41, 5.74) is -0.572. The van der Waals surface area contributed by atoms with Gasteiger partial charge in [0.1, 0.15) is 0 Å². The van der Waals surface area contributed by atoms with Crippen molar-refractivity contribution < 1.29 is 23.8 Å². The van der Waals surface area contributed by atoms with E-state index in [4.69, 9.17) is 9.84 Å². The van der Waals surface area contributed by atoms with Crippen LogP contribution < -0.4 is 4.74 Å². The van der Waals surface area contributed by atoms with Gasteiger partial charge in [-0.3, -0.25) is 4.79 Å². The summed E-state index contributed by atoms with van der Waals surface area (Å²) in [6, 6.07) is 4.65. The minimum Gasteiger partial charge on any atom is -0.494 e. The third kappa shape index (κ3) is 3.10. The number of benzene rings is 1. The molecule has 1 aromatic rings. The number of carboxylic acids is 1. The van der Waals surface area contributed by atoms with E-state index in [2.05, 4.69) is 0 Å². The highest BCUT2D eigenvalue weighted by Crippen LogP contribution is 2.36. The maximum Gasteiger partial charge on any atom is 0.372 e. The molecular weight excluding hydrogens is 251 g/mol. The first-order chi connectivity index (χ1) is 8.85. The Morgan fingerprint density at radius 3 is 2.53 bits per heavy atom. The van der Waals surface area contributed by atoms with E-state index in [-0.39, 0.29) is 12.2 Å². The first kappa shape index (κ1) is 15.1. The predicted molar refractivity (Wildman–Crippen MR) is 67.9 cm³/mol. The average Bonchev–Trinajstić information content (AvgIpc) is 2.38. The van der Waals surface area contributed by atoms with Gasteiger partial charge >= 0.3 is 5.97 Å². The van der Waals surface area contributed by atoms with Gasteiger partial charge in [0, 0.05) is 11.8 Å². The Labute approximate surface area is 111 Å². The summed E-state index contributed by atoms with van der Waals surface area (Å²) in [6.07, 6.45) is 0.193. The van der Waals surface area contributed by atoms with Gasteiger partial charge in [0.2, 0.25) is 5.78 Å². The number of ether oxygens (including phenoxy) is 1. The molecule has 1 atom stereocenters. The van der Waals surface area contributed by atoms with Crippen molar-refractivity contribution >= 4 is 11.8 Å². The van der Waals surface area contributed by atoms with Gasteiger partial charge in [-0.15, -0.1) is 0 Å². The van der Waals surface area contributed by atoms with E-state index < -0.39 is 23.0 Å². The number of aliphatic carboxylic acids is 1. The number of hydrogen-bond acceptors (Lipinski definition) is 3. The SMILES string of the molecule is CCC(C)(CC(=O)C(=O)O)c1cccc(OC)c1F. The van der Waals surface area contributed by atoms with Gasteiger partial charge in [-0.05, 0) is 18.1 Å². The zero-order valence-corrected chi connectivity index (χ0v) is 11.2. The summed E-state index contributed by atoms with van der Waals surface area (Å²) in [6.45, 7) is 3.46. The van der Waals surface area contributed by atoms with Crippen LogP contribution in [0, 0.1) is 5.82 Å². The van der Waals surface area contributed by atoms with E-state index >= 15 is 0 Å². The molecule has 0 aliphatic carbocycles. The standard InChI is InChI=1S/C14H17FO4/c1-4-14(2,8-10(16)13(17)18)9-6-5-7-11(19-3)12(9)15/h5-7H,4,8H2,1-3H3,(H,17,18). The van der Waals surface area contributed by atoms with Crippen molar-refractivity contribution in [2.24, 2.45) is 0 Å².